The predicted octanol–water partition coefficient (Wildman–Crippen LogP) is 1.49. The van der Waals surface area contributed by atoms with Crippen LogP contribution < -0.4 is 14.4 Å². The van der Waals surface area contributed by atoms with Crippen molar-refractivity contribution in [2.75, 3.05) is 25.6 Å². The molecule has 1 aliphatic heterocycles. The fraction of sp³-hybridized carbons (Fsp3) is 0.300. The Balaban J connectivity index is 1.72. The Labute approximate surface area is 169 Å². The molecular formula is C20H22N2O6S. The molecule has 0 unspecified atom stereocenters. The average Bonchev–Trinajstić information content (AvgIpc) is 2.76. The Morgan fingerprint density at radius 1 is 1.17 bits per heavy atom. The monoisotopic (exact) mass is 418 g/mol. The van der Waals surface area contributed by atoms with Gasteiger partial charge in [-0.05, 0) is 43.3 Å². The number of amides is 1. The van der Waals surface area contributed by atoms with Gasteiger partial charge in [0.15, 0.2) is 0 Å². The third-order valence-corrected chi connectivity index (χ3v) is 6.10. The number of aryl methyl sites for hydroxylation is 1. The van der Waals surface area contributed by atoms with Crippen LogP contribution in [0.4, 0.5) is 5.69 Å². The summed E-state index contributed by atoms with van der Waals surface area (Å²) in [6.45, 7) is 0.0713. The van der Waals surface area contributed by atoms with Crippen LogP contribution in [0.25, 0.3) is 0 Å². The lowest BCUT2D eigenvalue weighted by Gasteiger charge is -2.33. The van der Waals surface area contributed by atoms with Gasteiger partial charge in [0.25, 0.3) is 0 Å². The number of anilines is 1. The third kappa shape index (κ3) is 4.57. The highest BCUT2D eigenvalue weighted by Crippen LogP contribution is 2.33. The standard InChI is InChI=1S/C20H22N2O6S/c1-21-29(25,26)15-10-7-14(8-11-15)9-12-19(23)22-13-18(20(24)27-2)28-17-6-4-3-5-16(17)22/h3-8,10-11,18,21H,9,12-13H2,1-2H3/t18-/m0/s1. The van der Waals surface area contributed by atoms with Gasteiger partial charge in [-0.2, -0.15) is 0 Å². The smallest absolute Gasteiger partial charge is 0.348 e. The molecule has 2 aromatic rings. The minimum atomic E-state index is -3.50. The van der Waals surface area contributed by atoms with Crippen LogP contribution in [-0.4, -0.2) is 47.1 Å². The van der Waals surface area contributed by atoms with Gasteiger partial charge in [-0.15, -0.1) is 0 Å². The minimum Gasteiger partial charge on any atom is -0.475 e. The number of fused-ring (bicyclic) bond motifs is 1. The van der Waals surface area contributed by atoms with E-state index in [1.165, 1.54) is 31.2 Å². The Bertz CT molecular complexity index is 1000. The number of benzene rings is 2. The van der Waals surface area contributed by atoms with E-state index < -0.39 is 22.1 Å². The summed E-state index contributed by atoms with van der Waals surface area (Å²) in [6, 6.07) is 13.4. The number of rotatable bonds is 6. The van der Waals surface area contributed by atoms with Crippen molar-refractivity contribution >= 4 is 27.6 Å². The lowest BCUT2D eigenvalue weighted by molar-refractivity contribution is -0.148. The van der Waals surface area contributed by atoms with E-state index in [-0.39, 0.29) is 23.8 Å². The molecule has 1 atom stereocenters. The van der Waals surface area contributed by atoms with Gasteiger partial charge in [-0.1, -0.05) is 24.3 Å². The first-order valence-electron chi connectivity index (χ1n) is 9.02. The maximum atomic E-state index is 12.9. The fourth-order valence-electron chi connectivity index (χ4n) is 3.06. The van der Waals surface area contributed by atoms with Crippen LogP contribution in [0.1, 0.15) is 12.0 Å². The van der Waals surface area contributed by atoms with E-state index >= 15 is 0 Å². The average molecular weight is 418 g/mol. The van der Waals surface area contributed by atoms with Crippen LogP contribution in [0.15, 0.2) is 53.4 Å². The van der Waals surface area contributed by atoms with Crippen LogP contribution >= 0.6 is 0 Å². The van der Waals surface area contributed by atoms with Crippen molar-refractivity contribution in [3.8, 4) is 5.75 Å². The van der Waals surface area contributed by atoms with Crippen LogP contribution in [0.2, 0.25) is 0 Å². The Hall–Kier alpha value is -2.91. The van der Waals surface area contributed by atoms with Gasteiger partial charge < -0.3 is 14.4 Å². The summed E-state index contributed by atoms with van der Waals surface area (Å²) >= 11 is 0. The fourth-order valence-corrected chi connectivity index (χ4v) is 3.79. The number of nitrogens with zero attached hydrogens (tertiary/aromatic N) is 1. The molecule has 29 heavy (non-hydrogen) atoms. The van der Waals surface area contributed by atoms with Crippen LogP contribution in [-0.2, 0) is 30.8 Å². The van der Waals surface area contributed by atoms with Crippen molar-refractivity contribution in [2.45, 2.75) is 23.8 Å². The highest BCUT2D eigenvalue weighted by molar-refractivity contribution is 7.89. The highest BCUT2D eigenvalue weighted by Gasteiger charge is 2.34. The molecule has 0 aliphatic carbocycles. The molecule has 0 spiro atoms. The van der Waals surface area contributed by atoms with E-state index in [1.54, 1.807) is 36.4 Å². The van der Waals surface area contributed by atoms with Crippen molar-refractivity contribution in [1.82, 2.24) is 4.72 Å². The molecule has 1 N–H and O–H groups in total. The lowest BCUT2D eigenvalue weighted by atomic mass is 10.1. The minimum absolute atomic E-state index is 0.0713. The number of hydrogen-bond donors (Lipinski definition) is 1. The number of nitrogens with one attached hydrogen (secondary N) is 1. The first-order valence-corrected chi connectivity index (χ1v) is 10.5. The number of esters is 1. The molecule has 0 saturated carbocycles. The quantitative estimate of drug-likeness (QED) is 0.714. The number of sulfonamides is 1. The number of para-hydroxylation sites is 2. The van der Waals surface area contributed by atoms with E-state index in [4.69, 9.17) is 9.47 Å². The summed E-state index contributed by atoms with van der Waals surface area (Å²) in [6.07, 6.45) is -0.258. The third-order valence-electron chi connectivity index (χ3n) is 4.67. The van der Waals surface area contributed by atoms with Crippen molar-refractivity contribution < 1.29 is 27.5 Å². The van der Waals surface area contributed by atoms with E-state index in [0.717, 1.165) is 5.56 Å². The van der Waals surface area contributed by atoms with E-state index in [1.807, 2.05) is 0 Å². The van der Waals surface area contributed by atoms with Crippen molar-refractivity contribution in [3.05, 3.63) is 54.1 Å². The molecule has 0 fully saturated rings. The van der Waals surface area contributed by atoms with Gasteiger partial charge >= 0.3 is 5.97 Å². The Kier molecular flexibility index (Phi) is 6.19. The van der Waals surface area contributed by atoms with Gasteiger partial charge in [0.05, 0.1) is 24.2 Å². The van der Waals surface area contributed by atoms with Crippen molar-refractivity contribution in [1.29, 1.82) is 0 Å². The summed E-state index contributed by atoms with van der Waals surface area (Å²) in [5.74, 6) is -0.260. The number of ether oxygens (including phenoxy) is 2. The maximum Gasteiger partial charge on any atom is 0.348 e. The van der Waals surface area contributed by atoms with E-state index in [0.29, 0.717) is 17.9 Å². The van der Waals surface area contributed by atoms with Gasteiger partial charge in [0.1, 0.15) is 5.75 Å². The van der Waals surface area contributed by atoms with Crippen molar-refractivity contribution in [2.24, 2.45) is 0 Å². The molecule has 154 valence electrons. The SMILES string of the molecule is CNS(=O)(=O)c1ccc(CCC(=O)N2C[C@@H](C(=O)OC)Oc3ccccc32)cc1. The molecule has 0 saturated heterocycles. The second kappa shape index (κ2) is 8.62. The zero-order valence-electron chi connectivity index (χ0n) is 16.1. The van der Waals surface area contributed by atoms with Crippen LogP contribution in [0, 0.1) is 0 Å². The number of hydrogen-bond acceptors (Lipinski definition) is 6. The summed E-state index contributed by atoms with van der Waals surface area (Å²) in [7, 11) is -0.872. The Morgan fingerprint density at radius 3 is 2.52 bits per heavy atom. The molecule has 8 nitrogen and oxygen atoms in total. The molecule has 9 heteroatoms. The van der Waals surface area contributed by atoms with Gasteiger partial charge in [-0.3, -0.25) is 4.79 Å². The maximum absolute atomic E-state index is 12.9. The summed E-state index contributed by atoms with van der Waals surface area (Å²) in [5.41, 5.74) is 1.44. The van der Waals surface area contributed by atoms with Gasteiger partial charge in [0, 0.05) is 6.42 Å². The predicted molar refractivity (Wildman–Crippen MR) is 106 cm³/mol. The molecule has 1 aliphatic rings. The molecule has 0 radical (unpaired) electrons. The second-order valence-electron chi connectivity index (χ2n) is 6.45. The van der Waals surface area contributed by atoms with Crippen molar-refractivity contribution in [3.63, 3.8) is 0 Å². The first kappa shape index (κ1) is 20.8. The molecule has 1 amide bonds. The van der Waals surface area contributed by atoms with Crippen LogP contribution in [0.5, 0.6) is 5.75 Å². The molecule has 3 rings (SSSR count). The zero-order valence-corrected chi connectivity index (χ0v) is 16.9. The summed E-state index contributed by atoms with van der Waals surface area (Å²) < 4.78 is 36.2. The Morgan fingerprint density at radius 2 is 1.86 bits per heavy atom. The van der Waals surface area contributed by atoms with Gasteiger partial charge in [0.2, 0.25) is 22.0 Å². The van der Waals surface area contributed by atoms with Gasteiger partial charge in [-0.25, -0.2) is 17.9 Å². The largest absolute Gasteiger partial charge is 0.475 e. The highest BCUT2D eigenvalue weighted by atomic mass is 32.2. The number of methoxy groups -OCH3 is 1. The molecule has 2 aromatic carbocycles. The van der Waals surface area contributed by atoms with E-state index in [2.05, 4.69) is 4.72 Å². The number of carbonyl (C=O) groups excluding carboxylic acids is 2. The topological polar surface area (TPSA) is 102 Å². The summed E-state index contributed by atoms with van der Waals surface area (Å²) in [5, 5.41) is 0. The number of carbonyl (C=O) groups is 2. The van der Waals surface area contributed by atoms with Crippen LogP contribution in [0.3, 0.4) is 0 Å². The zero-order chi connectivity index (χ0) is 21.0. The lowest BCUT2D eigenvalue weighted by Crippen LogP contribution is -2.47. The molecule has 0 bridgehead atoms. The second-order valence-corrected chi connectivity index (χ2v) is 8.34. The molecule has 0 aromatic heterocycles. The van der Waals surface area contributed by atoms with E-state index in [9.17, 15) is 18.0 Å². The molecular weight excluding hydrogens is 396 g/mol. The summed E-state index contributed by atoms with van der Waals surface area (Å²) in [4.78, 5) is 26.5. The normalized spacial score (nSPS) is 15.9. The first-order chi connectivity index (χ1) is 13.9. The molecule has 1 heterocycles.